The van der Waals surface area contributed by atoms with E-state index < -0.39 is 5.54 Å². The number of hydrogen-bond acceptors (Lipinski definition) is 3. The summed E-state index contributed by atoms with van der Waals surface area (Å²) in [5, 5.41) is 2.96. The van der Waals surface area contributed by atoms with E-state index in [9.17, 15) is 4.79 Å². The van der Waals surface area contributed by atoms with Crippen LogP contribution in [0.1, 0.15) is 40.0 Å². The number of likely N-dealkylation sites (tertiary alicyclic amines) is 1. The molecular weight excluding hydrogens is 202 g/mol. The third kappa shape index (κ3) is 4.94. The Morgan fingerprint density at radius 1 is 1.44 bits per heavy atom. The average molecular weight is 227 g/mol. The number of rotatable bonds is 5. The Bertz CT molecular complexity index is 229. The average Bonchev–Trinajstić information content (AvgIpc) is 2.64. The lowest BCUT2D eigenvalue weighted by Crippen LogP contribution is -2.44. The molecule has 3 N–H and O–H groups in total. The molecule has 1 amide bonds. The van der Waals surface area contributed by atoms with Gasteiger partial charge in [0.05, 0.1) is 0 Å². The molecule has 1 atom stereocenters. The Morgan fingerprint density at radius 2 is 2.00 bits per heavy atom. The molecule has 1 heterocycles. The normalized spacial score (nSPS) is 19.8. The first-order chi connectivity index (χ1) is 7.38. The van der Waals surface area contributed by atoms with Crippen molar-refractivity contribution < 1.29 is 4.79 Å². The van der Waals surface area contributed by atoms with Crippen molar-refractivity contribution in [3.63, 3.8) is 0 Å². The summed E-state index contributed by atoms with van der Waals surface area (Å²) >= 11 is 0. The Hall–Kier alpha value is -0.610. The lowest BCUT2D eigenvalue weighted by Gasteiger charge is -2.25. The summed E-state index contributed by atoms with van der Waals surface area (Å²) in [6.45, 7) is 8.97. The van der Waals surface area contributed by atoms with Crippen molar-refractivity contribution in [1.29, 1.82) is 0 Å². The van der Waals surface area contributed by atoms with Crippen LogP contribution in [0.5, 0.6) is 0 Å². The first-order valence-electron chi connectivity index (χ1n) is 6.18. The van der Waals surface area contributed by atoms with Crippen molar-refractivity contribution >= 4 is 5.91 Å². The van der Waals surface area contributed by atoms with E-state index >= 15 is 0 Å². The minimum absolute atomic E-state index is 0.0542. The highest BCUT2D eigenvalue weighted by molar-refractivity contribution is 5.77. The molecular formula is C12H25N3O. The number of nitrogens with two attached hydrogens (primary N) is 1. The van der Waals surface area contributed by atoms with Crippen LogP contribution in [0.3, 0.4) is 0 Å². The fourth-order valence-corrected chi connectivity index (χ4v) is 2.05. The number of amides is 1. The first kappa shape index (κ1) is 13.5. The summed E-state index contributed by atoms with van der Waals surface area (Å²) in [5.41, 5.74) is 5.38. The standard InChI is InChI=1S/C12H25N3O/c1-10(15-6-4-5-7-15)9-14-11(16)8-12(2,3)13/h10H,4-9,13H2,1-3H3,(H,14,16). The summed E-state index contributed by atoms with van der Waals surface area (Å²) < 4.78 is 0. The predicted octanol–water partition coefficient (Wildman–Crippen LogP) is 0.714. The van der Waals surface area contributed by atoms with Crippen LogP contribution in [0.4, 0.5) is 0 Å². The molecule has 1 aliphatic rings. The molecule has 4 nitrogen and oxygen atoms in total. The molecule has 0 aromatic rings. The third-order valence-corrected chi connectivity index (χ3v) is 2.97. The summed E-state index contributed by atoms with van der Waals surface area (Å²) in [6.07, 6.45) is 2.96. The van der Waals surface area contributed by atoms with Crippen LogP contribution >= 0.6 is 0 Å². The minimum Gasteiger partial charge on any atom is -0.354 e. The van der Waals surface area contributed by atoms with Crippen LogP contribution in [0.2, 0.25) is 0 Å². The van der Waals surface area contributed by atoms with Crippen molar-refractivity contribution in [2.24, 2.45) is 5.73 Å². The summed E-state index contributed by atoms with van der Waals surface area (Å²) in [5.74, 6) is 0.0542. The zero-order valence-electron chi connectivity index (χ0n) is 10.8. The fraction of sp³-hybridized carbons (Fsp3) is 0.917. The predicted molar refractivity (Wildman–Crippen MR) is 66.2 cm³/mol. The number of carbonyl (C=O) groups is 1. The van der Waals surface area contributed by atoms with Gasteiger partial charge in [-0.3, -0.25) is 9.69 Å². The molecule has 0 aliphatic carbocycles. The zero-order valence-corrected chi connectivity index (χ0v) is 10.8. The molecule has 0 bridgehead atoms. The van der Waals surface area contributed by atoms with Gasteiger partial charge < -0.3 is 11.1 Å². The summed E-state index contributed by atoms with van der Waals surface area (Å²) in [4.78, 5) is 14.0. The minimum atomic E-state index is -0.416. The molecule has 1 saturated heterocycles. The van der Waals surface area contributed by atoms with Gasteiger partial charge in [-0.05, 0) is 46.7 Å². The second-order valence-electron chi connectivity index (χ2n) is 5.56. The molecule has 0 spiro atoms. The van der Waals surface area contributed by atoms with Crippen LogP contribution in [-0.4, -0.2) is 42.0 Å². The molecule has 0 saturated carbocycles. The molecule has 1 aliphatic heterocycles. The highest BCUT2D eigenvalue weighted by atomic mass is 16.1. The van der Waals surface area contributed by atoms with Gasteiger partial charge >= 0.3 is 0 Å². The van der Waals surface area contributed by atoms with Gasteiger partial charge in [0.15, 0.2) is 0 Å². The maximum Gasteiger partial charge on any atom is 0.221 e. The zero-order chi connectivity index (χ0) is 12.2. The Kier molecular flexibility index (Phi) is 4.74. The van der Waals surface area contributed by atoms with E-state index in [-0.39, 0.29) is 5.91 Å². The second kappa shape index (κ2) is 5.64. The topological polar surface area (TPSA) is 58.4 Å². The highest BCUT2D eigenvalue weighted by Gasteiger charge is 2.20. The van der Waals surface area contributed by atoms with E-state index in [4.69, 9.17) is 5.73 Å². The molecule has 1 unspecified atom stereocenters. The molecule has 0 aromatic heterocycles. The van der Waals surface area contributed by atoms with Crippen molar-refractivity contribution in [2.75, 3.05) is 19.6 Å². The third-order valence-electron chi connectivity index (χ3n) is 2.97. The van der Waals surface area contributed by atoms with Gasteiger partial charge in [0.1, 0.15) is 0 Å². The quantitative estimate of drug-likeness (QED) is 0.727. The maximum atomic E-state index is 11.6. The van der Waals surface area contributed by atoms with Gasteiger partial charge in [-0.25, -0.2) is 0 Å². The van der Waals surface area contributed by atoms with E-state index in [0.29, 0.717) is 12.5 Å². The van der Waals surface area contributed by atoms with E-state index in [2.05, 4.69) is 17.1 Å². The van der Waals surface area contributed by atoms with Crippen LogP contribution in [0.25, 0.3) is 0 Å². The second-order valence-corrected chi connectivity index (χ2v) is 5.56. The van der Waals surface area contributed by atoms with Crippen molar-refractivity contribution in [3.8, 4) is 0 Å². The maximum absolute atomic E-state index is 11.6. The first-order valence-corrected chi connectivity index (χ1v) is 6.18. The monoisotopic (exact) mass is 227 g/mol. The van der Waals surface area contributed by atoms with E-state index in [1.54, 1.807) is 0 Å². The lowest BCUT2D eigenvalue weighted by molar-refractivity contribution is -0.122. The van der Waals surface area contributed by atoms with E-state index in [1.165, 1.54) is 25.9 Å². The van der Waals surface area contributed by atoms with E-state index in [0.717, 1.165) is 6.54 Å². The Labute approximate surface area is 98.6 Å². The van der Waals surface area contributed by atoms with Gasteiger partial charge in [0.25, 0.3) is 0 Å². The number of carbonyl (C=O) groups excluding carboxylic acids is 1. The molecule has 1 fully saturated rings. The van der Waals surface area contributed by atoms with Gasteiger partial charge in [-0.15, -0.1) is 0 Å². The molecule has 0 radical (unpaired) electrons. The molecule has 1 rings (SSSR count). The van der Waals surface area contributed by atoms with Gasteiger partial charge in [-0.2, -0.15) is 0 Å². The van der Waals surface area contributed by atoms with Crippen molar-refractivity contribution in [2.45, 2.75) is 51.6 Å². The largest absolute Gasteiger partial charge is 0.354 e. The smallest absolute Gasteiger partial charge is 0.221 e. The molecule has 0 aromatic carbocycles. The van der Waals surface area contributed by atoms with Crippen LogP contribution < -0.4 is 11.1 Å². The summed E-state index contributed by atoms with van der Waals surface area (Å²) in [6, 6.07) is 0.437. The van der Waals surface area contributed by atoms with Gasteiger partial charge in [0.2, 0.25) is 5.91 Å². The fourth-order valence-electron chi connectivity index (χ4n) is 2.05. The Balaban J connectivity index is 2.20. The van der Waals surface area contributed by atoms with Crippen LogP contribution in [-0.2, 0) is 4.79 Å². The molecule has 16 heavy (non-hydrogen) atoms. The number of hydrogen-bond donors (Lipinski definition) is 2. The molecule has 4 heteroatoms. The van der Waals surface area contributed by atoms with Gasteiger partial charge in [-0.1, -0.05) is 0 Å². The Morgan fingerprint density at radius 3 is 2.50 bits per heavy atom. The number of nitrogens with one attached hydrogen (secondary N) is 1. The van der Waals surface area contributed by atoms with Gasteiger partial charge in [0, 0.05) is 24.5 Å². The van der Waals surface area contributed by atoms with Crippen LogP contribution in [0, 0.1) is 0 Å². The van der Waals surface area contributed by atoms with Crippen LogP contribution in [0.15, 0.2) is 0 Å². The summed E-state index contributed by atoms with van der Waals surface area (Å²) in [7, 11) is 0. The SMILES string of the molecule is CC(CNC(=O)CC(C)(C)N)N1CCCC1. The van der Waals surface area contributed by atoms with E-state index in [1.807, 2.05) is 13.8 Å². The number of nitrogens with zero attached hydrogens (tertiary/aromatic N) is 1. The van der Waals surface area contributed by atoms with Crippen molar-refractivity contribution in [3.05, 3.63) is 0 Å². The lowest BCUT2D eigenvalue weighted by atomic mass is 10.0. The van der Waals surface area contributed by atoms with Crippen molar-refractivity contribution in [1.82, 2.24) is 10.2 Å². The highest BCUT2D eigenvalue weighted by Crippen LogP contribution is 2.11. The molecule has 94 valence electrons.